The summed E-state index contributed by atoms with van der Waals surface area (Å²) >= 11 is 0. The molecule has 0 spiro atoms. The van der Waals surface area contributed by atoms with Crippen molar-refractivity contribution in [2.75, 3.05) is 0 Å². The molecule has 0 fully saturated rings. The van der Waals surface area contributed by atoms with E-state index in [4.69, 9.17) is 9.15 Å². The summed E-state index contributed by atoms with van der Waals surface area (Å²) in [6.45, 7) is 3.45. The van der Waals surface area contributed by atoms with Crippen LogP contribution in [0.4, 0.5) is 0 Å². The summed E-state index contributed by atoms with van der Waals surface area (Å²) in [5, 5.41) is 30.2. The van der Waals surface area contributed by atoms with Crippen molar-refractivity contribution in [3.05, 3.63) is 52.4 Å². The van der Waals surface area contributed by atoms with Crippen molar-refractivity contribution in [1.82, 2.24) is 0 Å². The van der Waals surface area contributed by atoms with Gasteiger partial charge in [0, 0.05) is 18.1 Å². The number of benzene rings is 2. The van der Waals surface area contributed by atoms with E-state index in [-0.39, 0.29) is 40.1 Å². The van der Waals surface area contributed by atoms with Gasteiger partial charge in [-0.3, -0.25) is 4.79 Å². The number of phenols is 2. The van der Waals surface area contributed by atoms with Crippen LogP contribution >= 0.6 is 0 Å². The first-order valence-electron chi connectivity index (χ1n) is 8.25. The molecule has 3 aromatic rings. The highest BCUT2D eigenvalue weighted by molar-refractivity contribution is 5.90. The highest BCUT2D eigenvalue weighted by atomic mass is 16.5. The van der Waals surface area contributed by atoms with Gasteiger partial charge in [0.1, 0.15) is 40.1 Å². The van der Waals surface area contributed by atoms with E-state index in [0.717, 1.165) is 0 Å². The lowest BCUT2D eigenvalue weighted by atomic mass is 9.89. The summed E-state index contributed by atoms with van der Waals surface area (Å²) in [4.78, 5) is 13.1. The number of phenolic OH excluding ortho intramolecular Hbond substituents is 2. The topological polar surface area (TPSA) is 100 Å². The maximum Gasteiger partial charge on any atom is 0.204 e. The Labute approximate surface area is 148 Å². The molecule has 0 aliphatic carbocycles. The number of ether oxygens (including phenoxy) is 1. The van der Waals surface area contributed by atoms with Gasteiger partial charge in [0.05, 0.1) is 11.7 Å². The molecule has 26 heavy (non-hydrogen) atoms. The van der Waals surface area contributed by atoms with E-state index in [1.165, 1.54) is 24.5 Å². The van der Waals surface area contributed by atoms with Crippen LogP contribution in [0.2, 0.25) is 0 Å². The fourth-order valence-electron chi connectivity index (χ4n) is 3.20. The van der Waals surface area contributed by atoms with Gasteiger partial charge in [0.15, 0.2) is 0 Å². The van der Waals surface area contributed by atoms with Crippen LogP contribution in [-0.2, 0) is 6.42 Å². The minimum atomic E-state index is -0.908. The zero-order valence-corrected chi connectivity index (χ0v) is 14.3. The summed E-state index contributed by atoms with van der Waals surface area (Å²) in [6.07, 6.45) is 0.684. The fourth-order valence-corrected chi connectivity index (χ4v) is 3.20. The molecule has 1 aliphatic rings. The second kappa shape index (κ2) is 5.51. The zero-order valence-electron chi connectivity index (χ0n) is 14.3. The third kappa shape index (κ3) is 2.42. The quantitative estimate of drug-likeness (QED) is 0.621. The first-order chi connectivity index (χ1) is 12.3. The minimum absolute atomic E-state index is 0.0809. The number of aromatic hydroxyl groups is 2. The molecule has 0 saturated heterocycles. The van der Waals surface area contributed by atoms with Gasteiger partial charge in [-0.25, -0.2) is 0 Å². The summed E-state index contributed by atoms with van der Waals surface area (Å²) in [5.74, 6) is 0.257. The Balaban J connectivity index is 2.02. The third-order valence-electron chi connectivity index (χ3n) is 4.84. The fraction of sp³-hybridized carbons (Fsp3) is 0.250. The second-order valence-corrected chi connectivity index (χ2v) is 7.03. The standard InChI is InChI=1S/C20H18O6/c1-20(2)16(23)7-12-14(22)8-15-17(19(12)26-20)18(24)13(9-25-15)10-3-5-11(21)6-4-10/h3-6,8-9,16,21-23H,7H2,1-2H3/t16-/m0/s1. The zero-order chi connectivity index (χ0) is 18.6. The van der Waals surface area contributed by atoms with Crippen LogP contribution in [0.5, 0.6) is 17.2 Å². The lowest BCUT2D eigenvalue weighted by molar-refractivity contribution is -0.0406. The maximum atomic E-state index is 13.1. The Bertz CT molecular complexity index is 1060. The molecule has 0 radical (unpaired) electrons. The monoisotopic (exact) mass is 354 g/mol. The number of fused-ring (bicyclic) bond motifs is 3. The van der Waals surface area contributed by atoms with Crippen LogP contribution in [0, 0.1) is 0 Å². The normalized spacial score (nSPS) is 18.3. The van der Waals surface area contributed by atoms with Crippen LogP contribution in [-0.4, -0.2) is 27.0 Å². The van der Waals surface area contributed by atoms with Crippen molar-refractivity contribution in [2.24, 2.45) is 0 Å². The maximum absolute atomic E-state index is 13.1. The van der Waals surface area contributed by atoms with Crippen molar-refractivity contribution >= 4 is 11.0 Å². The van der Waals surface area contributed by atoms with Crippen molar-refractivity contribution in [3.8, 4) is 28.4 Å². The van der Waals surface area contributed by atoms with Gasteiger partial charge < -0.3 is 24.5 Å². The van der Waals surface area contributed by atoms with Crippen LogP contribution in [0.3, 0.4) is 0 Å². The third-order valence-corrected chi connectivity index (χ3v) is 4.84. The highest BCUT2D eigenvalue weighted by Gasteiger charge is 2.38. The van der Waals surface area contributed by atoms with Crippen LogP contribution < -0.4 is 10.2 Å². The van der Waals surface area contributed by atoms with E-state index in [1.807, 2.05) is 0 Å². The molecule has 1 aromatic heterocycles. The van der Waals surface area contributed by atoms with Gasteiger partial charge in [0.2, 0.25) is 5.43 Å². The molecular weight excluding hydrogens is 336 g/mol. The highest BCUT2D eigenvalue weighted by Crippen LogP contribution is 2.43. The van der Waals surface area contributed by atoms with Gasteiger partial charge >= 0.3 is 0 Å². The number of aliphatic hydroxyl groups excluding tert-OH is 1. The lowest BCUT2D eigenvalue weighted by Gasteiger charge is -2.37. The van der Waals surface area contributed by atoms with Crippen molar-refractivity contribution in [1.29, 1.82) is 0 Å². The van der Waals surface area contributed by atoms with E-state index >= 15 is 0 Å². The summed E-state index contributed by atoms with van der Waals surface area (Å²) in [6, 6.07) is 7.58. The summed E-state index contributed by atoms with van der Waals surface area (Å²) in [5.41, 5.74) is 0.295. The predicted octanol–water partition coefficient (Wildman–Crippen LogP) is 2.95. The molecule has 0 amide bonds. The van der Waals surface area contributed by atoms with Crippen LogP contribution in [0.25, 0.3) is 22.1 Å². The molecule has 2 aromatic carbocycles. The van der Waals surface area contributed by atoms with Gasteiger partial charge in [-0.15, -0.1) is 0 Å². The Morgan fingerprint density at radius 2 is 1.85 bits per heavy atom. The van der Waals surface area contributed by atoms with E-state index in [0.29, 0.717) is 16.7 Å². The molecular formula is C20H18O6. The molecule has 134 valence electrons. The molecule has 0 saturated carbocycles. The summed E-state index contributed by atoms with van der Waals surface area (Å²) in [7, 11) is 0. The van der Waals surface area contributed by atoms with Gasteiger partial charge in [-0.1, -0.05) is 12.1 Å². The van der Waals surface area contributed by atoms with Crippen molar-refractivity contribution < 1.29 is 24.5 Å². The van der Waals surface area contributed by atoms with Gasteiger partial charge in [-0.2, -0.15) is 0 Å². The van der Waals surface area contributed by atoms with E-state index < -0.39 is 11.7 Å². The smallest absolute Gasteiger partial charge is 0.204 e. The van der Waals surface area contributed by atoms with Gasteiger partial charge in [0.25, 0.3) is 0 Å². The number of aliphatic hydroxyl groups is 1. The molecule has 1 aliphatic heterocycles. The number of hydrogen-bond acceptors (Lipinski definition) is 6. The molecule has 1 atom stereocenters. The molecule has 4 rings (SSSR count). The molecule has 0 bridgehead atoms. The molecule has 6 heteroatoms. The largest absolute Gasteiger partial charge is 0.508 e. The first-order valence-corrected chi connectivity index (χ1v) is 8.25. The number of hydrogen-bond donors (Lipinski definition) is 3. The Hall–Kier alpha value is -2.99. The average molecular weight is 354 g/mol. The van der Waals surface area contributed by atoms with E-state index in [1.54, 1.807) is 26.0 Å². The Morgan fingerprint density at radius 1 is 1.15 bits per heavy atom. The SMILES string of the molecule is CC1(C)Oc2c(c(O)cc3occ(-c4ccc(O)cc4)c(=O)c23)C[C@@H]1O. The Morgan fingerprint density at radius 3 is 2.54 bits per heavy atom. The molecule has 0 unspecified atom stereocenters. The second-order valence-electron chi connectivity index (χ2n) is 7.03. The number of rotatable bonds is 1. The minimum Gasteiger partial charge on any atom is -0.508 e. The molecule has 3 N–H and O–H groups in total. The molecule has 2 heterocycles. The predicted molar refractivity (Wildman–Crippen MR) is 95.7 cm³/mol. The molecule has 6 nitrogen and oxygen atoms in total. The van der Waals surface area contributed by atoms with Crippen molar-refractivity contribution in [2.45, 2.75) is 32.0 Å². The van der Waals surface area contributed by atoms with E-state index in [2.05, 4.69) is 0 Å². The lowest BCUT2D eigenvalue weighted by Crippen LogP contribution is -2.46. The average Bonchev–Trinajstić information content (AvgIpc) is 2.58. The first kappa shape index (κ1) is 16.5. The van der Waals surface area contributed by atoms with E-state index in [9.17, 15) is 20.1 Å². The van der Waals surface area contributed by atoms with Gasteiger partial charge in [-0.05, 0) is 31.5 Å². The van der Waals surface area contributed by atoms with Crippen LogP contribution in [0.1, 0.15) is 19.4 Å². The summed E-state index contributed by atoms with van der Waals surface area (Å²) < 4.78 is 11.5. The van der Waals surface area contributed by atoms with Crippen LogP contribution in [0.15, 0.2) is 45.8 Å². The van der Waals surface area contributed by atoms with Crippen molar-refractivity contribution in [3.63, 3.8) is 0 Å². The Kier molecular flexibility index (Phi) is 3.49.